The molecular formula is C21H22N2O3. The summed E-state index contributed by atoms with van der Waals surface area (Å²) in [5, 5.41) is 10.5. The third-order valence-corrected chi connectivity index (χ3v) is 4.65. The summed E-state index contributed by atoms with van der Waals surface area (Å²) in [7, 11) is 0. The number of benzene rings is 1. The molecule has 0 fully saturated rings. The molecule has 134 valence electrons. The predicted octanol–water partition coefficient (Wildman–Crippen LogP) is 3.51. The molecular weight excluding hydrogens is 328 g/mol. The summed E-state index contributed by atoms with van der Waals surface area (Å²) < 4.78 is 0. The van der Waals surface area contributed by atoms with Crippen molar-refractivity contribution in [3.8, 4) is 0 Å². The summed E-state index contributed by atoms with van der Waals surface area (Å²) in [6.07, 6.45) is 3.35. The second-order valence-corrected chi connectivity index (χ2v) is 6.83. The van der Waals surface area contributed by atoms with Crippen LogP contribution in [0.5, 0.6) is 0 Å². The first kappa shape index (κ1) is 17.9. The number of aromatic nitrogens is 1. The average Bonchev–Trinajstić information content (AvgIpc) is 2.87. The van der Waals surface area contributed by atoms with Crippen molar-refractivity contribution < 1.29 is 14.7 Å². The van der Waals surface area contributed by atoms with Crippen molar-refractivity contribution in [2.75, 3.05) is 0 Å². The fourth-order valence-corrected chi connectivity index (χ4v) is 3.28. The van der Waals surface area contributed by atoms with Crippen LogP contribution in [0.2, 0.25) is 0 Å². The van der Waals surface area contributed by atoms with E-state index in [-0.39, 0.29) is 23.8 Å². The Morgan fingerprint density at radius 2 is 1.96 bits per heavy atom. The van der Waals surface area contributed by atoms with Crippen LogP contribution in [0.3, 0.4) is 0 Å². The Morgan fingerprint density at radius 3 is 2.58 bits per heavy atom. The quantitative estimate of drug-likeness (QED) is 0.896. The van der Waals surface area contributed by atoms with Gasteiger partial charge in [0.25, 0.3) is 5.91 Å². The Morgan fingerprint density at radius 1 is 1.23 bits per heavy atom. The summed E-state index contributed by atoms with van der Waals surface area (Å²) in [6.45, 7) is 5.75. The molecule has 2 aromatic rings. The highest BCUT2D eigenvalue weighted by atomic mass is 16.3. The largest absolute Gasteiger partial charge is 0.503 e. The molecule has 1 aromatic heterocycles. The number of amides is 1. The van der Waals surface area contributed by atoms with Crippen LogP contribution in [0, 0.1) is 12.8 Å². The molecule has 0 aliphatic carbocycles. The van der Waals surface area contributed by atoms with Crippen molar-refractivity contribution >= 4 is 11.7 Å². The maximum absolute atomic E-state index is 12.8. The zero-order chi connectivity index (χ0) is 18.8. The molecule has 0 saturated heterocycles. The van der Waals surface area contributed by atoms with Crippen molar-refractivity contribution in [2.24, 2.45) is 5.92 Å². The molecule has 3 rings (SSSR count). The molecule has 1 atom stereocenters. The predicted molar refractivity (Wildman–Crippen MR) is 98.2 cm³/mol. The normalized spacial score (nSPS) is 17.3. The van der Waals surface area contributed by atoms with Gasteiger partial charge in [0.15, 0.2) is 11.5 Å². The monoisotopic (exact) mass is 350 g/mol. The van der Waals surface area contributed by atoms with Gasteiger partial charge in [-0.1, -0.05) is 44.2 Å². The van der Waals surface area contributed by atoms with Crippen molar-refractivity contribution in [1.29, 1.82) is 0 Å². The van der Waals surface area contributed by atoms with Crippen LogP contribution in [0.15, 0.2) is 60.1 Å². The van der Waals surface area contributed by atoms with Gasteiger partial charge in [0.05, 0.1) is 11.6 Å². The van der Waals surface area contributed by atoms with Gasteiger partial charge < -0.3 is 10.0 Å². The molecule has 0 saturated carbocycles. The summed E-state index contributed by atoms with van der Waals surface area (Å²) >= 11 is 0. The summed E-state index contributed by atoms with van der Waals surface area (Å²) in [5.41, 5.74) is 2.83. The van der Waals surface area contributed by atoms with E-state index in [1.807, 2.05) is 37.3 Å². The van der Waals surface area contributed by atoms with Crippen LogP contribution >= 0.6 is 0 Å². The molecule has 0 spiro atoms. The summed E-state index contributed by atoms with van der Waals surface area (Å²) in [6, 6.07) is 10.7. The zero-order valence-electron chi connectivity index (χ0n) is 15.1. The van der Waals surface area contributed by atoms with Crippen LogP contribution < -0.4 is 0 Å². The second kappa shape index (κ2) is 7.12. The molecule has 1 N–H and O–H groups in total. The Kier molecular flexibility index (Phi) is 4.89. The highest BCUT2D eigenvalue weighted by molar-refractivity contribution is 6.09. The number of aryl methyl sites for hydroxylation is 1. The van der Waals surface area contributed by atoms with Crippen molar-refractivity contribution in [1.82, 2.24) is 9.88 Å². The molecule has 26 heavy (non-hydrogen) atoms. The number of hydrogen-bond acceptors (Lipinski definition) is 4. The number of Topliss-reactive ketones (excluding diaryl/α,β-unsaturated/α-hetero) is 1. The van der Waals surface area contributed by atoms with E-state index < -0.39 is 17.7 Å². The first-order valence-corrected chi connectivity index (χ1v) is 8.64. The van der Waals surface area contributed by atoms with Gasteiger partial charge in [0.2, 0.25) is 0 Å². The van der Waals surface area contributed by atoms with Crippen LogP contribution in [-0.4, -0.2) is 26.7 Å². The van der Waals surface area contributed by atoms with E-state index in [9.17, 15) is 14.7 Å². The van der Waals surface area contributed by atoms with Crippen LogP contribution in [0.1, 0.15) is 36.6 Å². The van der Waals surface area contributed by atoms with Gasteiger partial charge >= 0.3 is 0 Å². The fourth-order valence-electron chi connectivity index (χ4n) is 3.28. The number of nitrogens with zero attached hydrogens (tertiary/aromatic N) is 2. The molecule has 1 aliphatic heterocycles. The Balaban J connectivity index is 2.11. The zero-order valence-corrected chi connectivity index (χ0v) is 15.1. The molecule has 1 aliphatic rings. The topological polar surface area (TPSA) is 70.5 Å². The average molecular weight is 350 g/mol. The van der Waals surface area contributed by atoms with E-state index in [0.717, 1.165) is 16.7 Å². The minimum atomic E-state index is -0.598. The number of aliphatic hydroxyl groups is 1. The third kappa shape index (κ3) is 3.12. The lowest BCUT2D eigenvalue weighted by Gasteiger charge is -2.28. The van der Waals surface area contributed by atoms with E-state index in [1.165, 1.54) is 0 Å². The van der Waals surface area contributed by atoms with Gasteiger partial charge in [-0.3, -0.25) is 14.6 Å². The third-order valence-electron chi connectivity index (χ3n) is 4.65. The van der Waals surface area contributed by atoms with E-state index in [4.69, 9.17) is 0 Å². The summed E-state index contributed by atoms with van der Waals surface area (Å²) in [5.74, 6) is -1.49. The molecule has 0 bridgehead atoms. The first-order chi connectivity index (χ1) is 12.4. The van der Waals surface area contributed by atoms with Crippen LogP contribution in [-0.2, 0) is 16.1 Å². The van der Waals surface area contributed by atoms with Gasteiger partial charge in [-0.15, -0.1) is 0 Å². The molecule has 1 aromatic carbocycles. The van der Waals surface area contributed by atoms with Crippen molar-refractivity contribution in [3.63, 3.8) is 0 Å². The molecule has 0 radical (unpaired) electrons. The van der Waals surface area contributed by atoms with E-state index in [0.29, 0.717) is 0 Å². The van der Waals surface area contributed by atoms with E-state index in [1.54, 1.807) is 37.2 Å². The standard InChI is InChI=1S/C21H22N2O3/c1-13(2)19(24)17-18(16-9-5-4-7-14(16)3)23(21(26)20(17)25)12-15-8-6-10-22-11-15/h4-11,13,18,25H,12H2,1-3H3. The molecule has 1 amide bonds. The molecule has 5 nitrogen and oxygen atoms in total. The lowest BCUT2D eigenvalue weighted by atomic mass is 9.89. The SMILES string of the molecule is Cc1ccccc1C1C(C(=O)C(C)C)=C(O)C(=O)N1Cc1cccnc1. The number of hydrogen-bond donors (Lipinski definition) is 1. The minimum absolute atomic E-state index is 0.184. The highest BCUT2D eigenvalue weighted by Crippen LogP contribution is 2.40. The lowest BCUT2D eigenvalue weighted by Crippen LogP contribution is -2.31. The number of rotatable bonds is 5. The first-order valence-electron chi connectivity index (χ1n) is 8.64. The highest BCUT2D eigenvalue weighted by Gasteiger charge is 2.44. The number of carbonyl (C=O) groups is 2. The molecule has 2 heterocycles. The maximum atomic E-state index is 12.8. The Hall–Kier alpha value is -2.95. The second-order valence-electron chi connectivity index (χ2n) is 6.83. The Labute approximate surface area is 153 Å². The van der Waals surface area contributed by atoms with Crippen LogP contribution in [0.25, 0.3) is 0 Å². The van der Waals surface area contributed by atoms with Crippen molar-refractivity contribution in [3.05, 3.63) is 76.8 Å². The van der Waals surface area contributed by atoms with Crippen LogP contribution in [0.4, 0.5) is 0 Å². The smallest absolute Gasteiger partial charge is 0.290 e. The summed E-state index contributed by atoms with van der Waals surface area (Å²) in [4.78, 5) is 31.2. The Bertz CT molecular complexity index is 872. The van der Waals surface area contributed by atoms with E-state index >= 15 is 0 Å². The van der Waals surface area contributed by atoms with Gasteiger partial charge in [0, 0.05) is 24.9 Å². The number of ketones is 1. The van der Waals surface area contributed by atoms with Gasteiger partial charge in [-0.25, -0.2) is 0 Å². The van der Waals surface area contributed by atoms with E-state index in [2.05, 4.69) is 4.98 Å². The lowest BCUT2D eigenvalue weighted by molar-refractivity contribution is -0.130. The van der Waals surface area contributed by atoms with Crippen molar-refractivity contribution in [2.45, 2.75) is 33.4 Å². The minimum Gasteiger partial charge on any atom is -0.503 e. The van der Waals surface area contributed by atoms with Gasteiger partial charge in [-0.2, -0.15) is 0 Å². The number of carbonyl (C=O) groups excluding carboxylic acids is 2. The molecule has 1 unspecified atom stereocenters. The number of pyridine rings is 1. The maximum Gasteiger partial charge on any atom is 0.290 e. The van der Waals surface area contributed by atoms with Gasteiger partial charge in [-0.05, 0) is 29.7 Å². The van der Waals surface area contributed by atoms with Gasteiger partial charge in [0.1, 0.15) is 0 Å². The fraction of sp³-hybridized carbons (Fsp3) is 0.286. The molecule has 5 heteroatoms. The number of aliphatic hydroxyl groups excluding tert-OH is 1.